The number of Topliss-reactive ketones (excluding diaryl/α,β-unsaturated/α-hetero) is 1. The molecule has 39 heavy (non-hydrogen) atoms. The summed E-state index contributed by atoms with van der Waals surface area (Å²) in [4.78, 5) is 40.9. The van der Waals surface area contributed by atoms with E-state index < -0.39 is 29.7 Å². The van der Waals surface area contributed by atoms with Crippen LogP contribution in [0, 0.1) is 5.92 Å². The Labute approximate surface area is 229 Å². The minimum Gasteiger partial charge on any atom is -0.497 e. The Bertz CT molecular complexity index is 1290. The molecule has 8 nitrogen and oxygen atoms in total. The van der Waals surface area contributed by atoms with Gasteiger partial charge in [-0.05, 0) is 69.5 Å². The average molecular weight is 534 g/mol. The van der Waals surface area contributed by atoms with E-state index in [1.54, 1.807) is 21.0 Å². The molecular formula is C31H35NO7. The van der Waals surface area contributed by atoms with E-state index in [1.165, 1.54) is 0 Å². The normalized spacial score (nSPS) is 20.6. The standard InChI is InChI=1S/C31H35NO7/c1-6-37-22-15-11-20(12-16-22)26-25(30(34)38-7-2)18(4)32-24-17-23(19-9-13-21(36-5)14-10-19)27(29(33)28(24)26)31(35)39-8-3/h9-16,23,26-27,32H,6-8,17H2,1-5H3/t23-,26+,27-/m0/s1. The number of esters is 2. The van der Waals surface area contributed by atoms with E-state index >= 15 is 0 Å². The fraction of sp³-hybridized carbons (Fsp3) is 0.387. The summed E-state index contributed by atoms with van der Waals surface area (Å²) in [5.74, 6) is -2.32. The third-order valence-corrected chi connectivity index (χ3v) is 7.12. The van der Waals surface area contributed by atoms with Crippen molar-refractivity contribution < 1.29 is 33.3 Å². The lowest BCUT2D eigenvalue weighted by Crippen LogP contribution is -2.43. The number of carbonyl (C=O) groups is 3. The topological polar surface area (TPSA) is 100 Å². The van der Waals surface area contributed by atoms with Gasteiger partial charge < -0.3 is 24.3 Å². The van der Waals surface area contributed by atoms with Crippen molar-refractivity contribution in [3.05, 3.63) is 82.2 Å². The summed E-state index contributed by atoms with van der Waals surface area (Å²) in [6.07, 6.45) is 0.387. The molecule has 2 aliphatic rings. The highest BCUT2D eigenvalue weighted by Gasteiger charge is 2.49. The number of methoxy groups -OCH3 is 1. The SMILES string of the molecule is CCOC(=O)C1=C(C)NC2=C(C(=O)[C@@H](C(=O)OCC)[C@H](c3ccc(OC)cc3)C2)[C@@H]1c1ccc(OCC)cc1. The van der Waals surface area contributed by atoms with Crippen LogP contribution in [0.3, 0.4) is 0 Å². The molecule has 0 amide bonds. The van der Waals surface area contributed by atoms with E-state index in [2.05, 4.69) is 5.32 Å². The smallest absolute Gasteiger partial charge is 0.336 e. The highest BCUT2D eigenvalue weighted by atomic mass is 16.5. The molecule has 4 rings (SSSR count). The molecule has 0 saturated heterocycles. The maximum absolute atomic E-state index is 14.3. The van der Waals surface area contributed by atoms with Gasteiger partial charge in [0.15, 0.2) is 5.78 Å². The number of dihydropyridines is 1. The van der Waals surface area contributed by atoms with Crippen molar-refractivity contribution in [3.63, 3.8) is 0 Å². The fourth-order valence-electron chi connectivity index (χ4n) is 5.44. The van der Waals surface area contributed by atoms with Crippen molar-refractivity contribution in [2.24, 2.45) is 5.92 Å². The van der Waals surface area contributed by atoms with Gasteiger partial charge in [-0.3, -0.25) is 9.59 Å². The summed E-state index contributed by atoms with van der Waals surface area (Å²) in [6, 6.07) is 14.7. The highest BCUT2D eigenvalue weighted by molar-refractivity contribution is 6.13. The highest BCUT2D eigenvalue weighted by Crippen LogP contribution is 2.48. The number of hydrogen-bond acceptors (Lipinski definition) is 8. The van der Waals surface area contributed by atoms with Crippen molar-refractivity contribution in [1.29, 1.82) is 0 Å². The molecule has 0 bridgehead atoms. The van der Waals surface area contributed by atoms with E-state index in [4.69, 9.17) is 18.9 Å². The number of nitrogens with one attached hydrogen (secondary N) is 1. The predicted octanol–water partition coefficient (Wildman–Crippen LogP) is 4.81. The number of hydrogen-bond donors (Lipinski definition) is 1. The summed E-state index contributed by atoms with van der Waals surface area (Å²) in [7, 11) is 1.58. The largest absolute Gasteiger partial charge is 0.497 e. The van der Waals surface area contributed by atoms with Crippen LogP contribution in [-0.4, -0.2) is 44.7 Å². The third-order valence-electron chi connectivity index (χ3n) is 7.12. The van der Waals surface area contributed by atoms with Gasteiger partial charge in [0.05, 0.1) is 32.5 Å². The molecule has 1 aliphatic carbocycles. The molecule has 1 aliphatic heterocycles. The maximum atomic E-state index is 14.3. The van der Waals surface area contributed by atoms with Crippen LogP contribution in [0.5, 0.6) is 11.5 Å². The number of ether oxygens (including phenoxy) is 4. The lowest BCUT2D eigenvalue weighted by Gasteiger charge is -2.39. The van der Waals surface area contributed by atoms with Gasteiger partial charge in [0.25, 0.3) is 0 Å². The second-order valence-corrected chi connectivity index (χ2v) is 9.39. The Kier molecular flexibility index (Phi) is 8.74. The molecular weight excluding hydrogens is 498 g/mol. The maximum Gasteiger partial charge on any atom is 0.336 e. The predicted molar refractivity (Wildman–Crippen MR) is 145 cm³/mol. The number of carbonyl (C=O) groups excluding carboxylic acids is 3. The molecule has 0 saturated carbocycles. The van der Waals surface area contributed by atoms with Gasteiger partial charge in [-0.2, -0.15) is 0 Å². The Morgan fingerprint density at radius 3 is 2.08 bits per heavy atom. The molecule has 2 aromatic rings. The molecule has 2 aromatic carbocycles. The summed E-state index contributed by atoms with van der Waals surface area (Å²) >= 11 is 0. The Morgan fingerprint density at radius 1 is 0.872 bits per heavy atom. The Hall–Kier alpha value is -4.07. The second kappa shape index (κ2) is 12.2. The first kappa shape index (κ1) is 28.0. The van der Waals surface area contributed by atoms with Crippen LogP contribution in [0.15, 0.2) is 71.1 Å². The van der Waals surface area contributed by atoms with Gasteiger partial charge in [0, 0.05) is 28.8 Å². The molecule has 0 radical (unpaired) electrons. The van der Waals surface area contributed by atoms with Crippen LogP contribution in [0.4, 0.5) is 0 Å². The molecule has 206 valence electrons. The van der Waals surface area contributed by atoms with E-state index in [1.807, 2.05) is 62.4 Å². The average Bonchev–Trinajstić information content (AvgIpc) is 2.93. The van der Waals surface area contributed by atoms with Crippen molar-refractivity contribution in [2.75, 3.05) is 26.9 Å². The van der Waals surface area contributed by atoms with Gasteiger partial charge >= 0.3 is 11.9 Å². The number of ketones is 1. The first-order chi connectivity index (χ1) is 18.8. The minimum absolute atomic E-state index is 0.150. The number of rotatable bonds is 9. The van der Waals surface area contributed by atoms with Crippen LogP contribution >= 0.6 is 0 Å². The summed E-state index contributed by atoms with van der Waals surface area (Å²) in [6.45, 7) is 8.02. The van der Waals surface area contributed by atoms with Crippen molar-refractivity contribution in [1.82, 2.24) is 5.32 Å². The summed E-state index contributed by atoms with van der Waals surface area (Å²) in [5, 5.41) is 3.32. The number of benzene rings is 2. The Balaban J connectivity index is 1.86. The lowest BCUT2D eigenvalue weighted by atomic mass is 9.67. The van der Waals surface area contributed by atoms with Crippen molar-refractivity contribution in [3.8, 4) is 11.5 Å². The zero-order valence-corrected chi connectivity index (χ0v) is 23.0. The zero-order valence-electron chi connectivity index (χ0n) is 23.0. The first-order valence-corrected chi connectivity index (χ1v) is 13.3. The van der Waals surface area contributed by atoms with E-state index in [-0.39, 0.29) is 19.0 Å². The molecule has 8 heteroatoms. The molecule has 1 heterocycles. The van der Waals surface area contributed by atoms with Gasteiger partial charge in [-0.1, -0.05) is 24.3 Å². The third kappa shape index (κ3) is 5.55. The van der Waals surface area contributed by atoms with Crippen LogP contribution in [0.2, 0.25) is 0 Å². The molecule has 0 fully saturated rings. The lowest BCUT2D eigenvalue weighted by molar-refractivity contribution is -0.152. The van der Waals surface area contributed by atoms with Crippen LogP contribution < -0.4 is 14.8 Å². The van der Waals surface area contributed by atoms with Crippen LogP contribution in [-0.2, 0) is 23.9 Å². The Morgan fingerprint density at radius 2 is 1.49 bits per heavy atom. The monoisotopic (exact) mass is 533 g/mol. The van der Waals surface area contributed by atoms with Crippen molar-refractivity contribution >= 4 is 17.7 Å². The van der Waals surface area contributed by atoms with E-state index in [0.29, 0.717) is 47.1 Å². The molecule has 3 atom stereocenters. The van der Waals surface area contributed by atoms with E-state index in [9.17, 15) is 14.4 Å². The van der Waals surface area contributed by atoms with Crippen molar-refractivity contribution in [2.45, 2.75) is 46.0 Å². The molecule has 0 spiro atoms. The first-order valence-electron chi connectivity index (χ1n) is 13.3. The quantitative estimate of drug-likeness (QED) is 0.362. The second-order valence-electron chi connectivity index (χ2n) is 9.39. The van der Waals surface area contributed by atoms with Gasteiger partial charge in [0.1, 0.15) is 17.4 Å². The van der Waals surface area contributed by atoms with Crippen LogP contribution in [0.1, 0.15) is 57.1 Å². The molecule has 0 unspecified atom stereocenters. The zero-order chi connectivity index (χ0) is 28.1. The van der Waals surface area contributed by atoms with E-state index in [0.717, 1.165) is 11.1 Å². The summed E-state index contributed by atoms with van der Waals surface area (Å²) < 4.78 is 21.7. The fourth-order valence-corrected chi connectivity index (χ4v) is 5.44. The van der Waals surface area contributed by atoms with Gasteiger partial charge in [-0.25, -0.2) is 4.79 Å². The molecule has 0 aromatic heterocycles. The van der Waals surface area contributed by atoms with Gasteiger partial charge in [-0.15, -0.1) is 0 Å². The van der Waals surface area contributed by atoms with Gasteiger partial charge in [0.2, 0.25) is 0 Å². The number of allylic oxidation sites excluding steroid dienone is 3. The molecule has 1 N–H and O–H groups in total. The minimum atomic E-state index is -1.06. The summed E-state index contributed by atoms with van der Waals surface area (Å²) in [5.41, 5.74) is 3.58. The van der Waals surface area contributed by atoms with Crippen LogP contribution in [0.25, 0.3) is 0 Å².